The Morgan fingerprint density at radius 1 is 1.45 bits per heavy atom. The molecule has 2 heterocycles. The molecule has 20 heavy (non-hydrogen) atoms. The van der Waals surface area contributed by atoms with Crippen molar-refractivity contribution in [3.05, 3.63) is 0 Å². The van der Waals surface area contributed by atoms with Crippen molar-refractivity contribution in [3.63, 3.8) is 0 Å². The highest BCUT2D eigenvalue weighted by Gasteiger charge is 2.40. The Balaban J connectivity index is 1.46. The summed E-state index contributed by atoms with van der Waals surface area (Å²) >= 11 is 0. The first-order chi connectivity index (χ1) is 9.65. The minimum absolute atomic E-state index is 0.00838. The molecular formula is C14H23N3O3. The van der Waals surface area contributed by atoms with Crippen molar-refractivity contribution in [2.75, 3.05) is 26.4 Å². The molecule has 1 aliphatic carbocycles. The molecule has 2 atom stereocenters. The van der Waals surface area contributed by atoms with Gasteiger partial charge in [-0.2, -0.15) is 0 Å². The van der Waals surface area contributed by atoms with E-state index in [1.54, 1.807) is 0 Å². The Labute approximate surface area is 119 Å². The maximum absolute atomic E-state index is 12.1. The number of ether oxygens (including phenoxy) is 1. The van der Waals surface area contributed by atoms with Gasteiger partial charge in [-0.1, -0.05) is 0 Å². The minimum atomic E-state index is -0.260. The Kier molecular flexibility index (Phi) is 3.94. The van der Waals surface area contributed by atoms with Crippen LogP contribution in [0.5, 0.6) is 0 Å². The van der Waals surface area contributed by atoms with E-state index in [1.807, 2.05) is 16.7 Å². The second-order valence-electron chi connectivity index (χ2n) is 6.04. The van der Waals surface area contributed by atoms with Crippen LogP contribution in [-0.4, -0.2) is 66.2 Å². The van der Waals surface area contributed by atoms with Crippen molar-refractivity contribution in [2.45, 2.75) is 50.8 Å². The van der Waals surface area contributed by atoms with Crippen molar-refractivity contribution in [1.82, 2.24) is 15.1 Å². The van der Waals surface area contributed by atoms with Crippen LogP contribution in [0.1, 0.15) is 32.6 Å². The van der Waals surface area contributed by atoms with Gasteiger partial charge in [-0.25, -0.2) is 0 Å². The molecule has 112 valence electrons. The van der Waals surface area contributed by atoms with Crippen LogP contribution in [0.25, 0.3) is 0 Å². The molecule has 2 unspecified atom stereocenters. The molecule has 0 radical (unpaired) electrons. The first kappa shape index (κ1) is 13.8. The van der Waals surface area contributed by atoms with Crippen molar-refractivity contribution in [3.8, 4) is 0 Å². The summed E-state index contributed by atoms with van der Waals surface area (Å²) in [5, 5.41) is 2.94. The number of amides is 2. The highest BCUT2D eigenvalue weighted by Crippen LogP contribution is 2.29. The number of nitrogens with zero attached hydrogens (tertiary/aromatic N) is 2. The SMILES string of the molecule is CC(C(=O)NCC1CCCO1)N1CC(=O)N(C2CC2)C1. The summed E-state index contributed by atoms with van der Waals surface area (Å²) in [7, 11) is 0. The Bertz CT molecular complexity index is 391. The summed E-state index contributed by atoms with van der Waals surface area (Å²) in [6, 6.07) is 0.166. The molecule has 0 aromatic heterocycles. The summed E-state index contributed by atoms with van der Waals surface area (Å²) in [5.41, 5.74) is 0. The fraction of sp³-hybridized carbons (Fsp3) is 0.857. The smallest absolute Gasteiger partial charge is 0.238 e. The largest absolute Gasteiger partial charge is 0.376 e. The van der Waals surface area contributed by atoms with Crippen molar-refractivity contribution < 1.29 is 14.3 Å². The maximum atomic E-state index is 12.1. The molecule has 3 fully saturated rings. The predicted molar refractivity (Wildman–Crippen MR) is 72.9 cm³/mol. The normalized spacial score (nSPS) is 28.9. The molecule has 0 bridgehead atoms. The van der Waals surface area contributed by atoms with Crippen LogP contribution < -0.4 is 5.32 Å². The molecule has 1 saturated carbocycles. The monoisotopic (exact) mass is 281 g/mol. The van der Waals surface area contributed by atoms with Crippen LogP contribution in [0.15, 0.2) is 0 Å². The van der Waals surface area contributed by atoms with Crippen LogP contribution >= 0.6 is 0 Å². The molecule has 0 aromatic rings. The maximum Gasteiger partial charge on any atom is 0.238 e. The molecule has 2 saturated heterocycles. The van der Waals surface area contributed by atoms with E-state index in [9.17, 15) is 9.59 Å². The van der Waals surface area contributed by atoms with Gasteiger partial charge in [0.25, 0.3) is 0 Å². The van der Waals surface area contributed by atoms with Crippen LogP contribution in [-0.2, 0) is 14.3 Å². The van der Waals surface area contributed by atoms with Gasteiger partial charge in [-0.3, -0.25) is 14.5 Å². The molecule has 1 N–H and O–H groups in total. The summed E-state index contributed by atoms with van der Waals surface area (Å²) in [6.45, 7) is 4.21. The standard InChI is InChI=1S/C14H23N3O3/c1-10(14(19)15-7-12-3-2-6-20-12)16-8-13(18)17(9-16)11-4-5-11/h10-12H,2-9H2,1H3,(H,15,19). The number of nitrogens with one attached hydrogen (secondary N) is 1. The van der Waals surface area contributed by atoms with Gasteiger partial charge in [0, 0.05) is 19.2 Å². The van der Waals surface area contributed by atoms with E-state index < -0.39 is 0 Å². The molecule has 0 spiro atoms. The lowest BCUT2D eigenvalue weighted by molar-refractivity contribution is -0.127. The molecule has 2 aliphatic heterocycles. The van der Waals surface area contributed by atoms with Crippen molar-refractivity contribution in [2.24, 2.45) is 0 Å². The topological polar surface area (TPSA) is 61.9 Å². The molecule has 6 heteroatoms. The Morgan fingerprint density at radius 2 is 2.25 bits per heavy atom. The number of carbonyl (C=O) groups excluding carboxylic acids is 2. The van der Waals surface area contributed by atoms with Gasteiger partial charge in [-0.05, 0) is 32.6 Å². The van der Waals surface area contributed by atoms with Gasteiger partial charge in [0.05, 0.1) is 25.4 Å². The van der Waals surface area contributed by atoms with E-state index in [2.05, 4.69) is 5.32 Å². The molecular weight excluding hydrogens is 258 g/mol. The lowest BCUT2D eigenvalue weighted by atomic mass is 10.2. The second kappa shape index (κ2) is 5.69. The van der Waals surface area contributed by atoms with Crippen LogP contribution in [0.3, 0.4) is 0 Å². The Hall–Kier alpha value is -1.14. The summed E-state index contributed by atoms with van der Waals surface area (Å²) in [4.78, 5) is 27.9. The van der Waals surface area contributed by atoms with E-state index in [1.165, 1.54) is 0 Å². The van der Waals surface area contributed by atoms with Gasteiger partial charge >= 0.3 is 0 Å². The first-order valence-electron chi connectivity index (χ1n) is 7.58. The molecule has 6 nitrogen and oxygen atoms in total. The molecule has 2 amide bonds. The quantitative estimate of drug-likeness (QED) is 0.766. The zero-order chi connectivity index (χ0) is 14.1. The average Bonchev–Trinajstić information content (AvgIpc) is 3.00. The third kappa shape index (κ3) is 2.96. The van der Waals surface area contributed by atoms with Gasteiger partial charge < -0.3 is 15.0 Å². The fourth-order valence-corrected chi connectivity index (χ4v) is 2.89. The zero-order valence-corrected chi connectivity index (χ0v) is 12.0. The van der Waals surface area contributed by atoms with Crippen LogP contribution in [0, 0.1) is 0 Å². The fourth-order valence-electron chi connectivity index (χ4n) is 2.89. The highest BCUT2D eigenvalue weighted by molar-refractivity contribution is 5.85. The lowest BCUT2D eigenvalue weighted by Gasteiger charge is -2.23. The summed E-state index contributed by atoms with van der Waals surface area (Å²) in [6.07, 6.45) is 4.48. The van der Waals surface area contributed by atoms with E-state index in [0.29, 0.717) is 25.8 Å². The predicted octanol–water partition coefficient (Wildman–Crippen LogP) is -0.0658. The van der Waals surface area contributed by atoms with Gasteiger partial charge in [0.1, 0.15) is 0 Å². The Morgan fingerprint density at radius 3 is 2.90 bits per heavy atom. The van der Waals surface area contributed by atoms with Gasteiger partial charge in [0.15, 0.2) is 0 Å². The van der Waals surface area contributed by atoms with Gasteiger partial charge in [-0.15, -0.1) is 0 Å². The van der Waals surface area contributed by atoms with Crippen LogP contribution in [0.4, 0.5) is 0 Å². The molecule has 3 aliphatic rings. The van der Waals surface area contributed by atoms with E-state index in [0.717, 1.165) is 32.3 Å². The van der Waals surface area contributed by atoms with Crippen LogP contribution in [0.2, 0.25) is 0 Å². The van der Waals surface area contributed by atoms with Gasteiger partial charge in [0.2, 0.25) is 11.8 Å². The first-order valence-corrected chi connectivity index (χ1v) is 7.58. The molecule has 3 rings (SSSR count). The number of carbonyl (C=O) groups is 2. The average molecular weight is 281 g/mol. The summed E-state index contributed by atoms with van der Waals surface area (Å²) in [5.74, 6) is 0.150. The third-order valence-corrected chi connectivity index (χ3v) is 4.44. The van der Waals surface area contributed by atoms with Crippen molar-refractivity contribution >= 4 is 11.8 Å². The second-order valence-corrected chi connectivity index (χ2v) is 6.04. The third-order valence-electron chi connectivity index (χ3n) is 4.44. The number of rotatable bonds is 5. The highest BCUT2D eigenvalue weighted by atomic mass is 16.5. The van der Waals surface area contributed by atoms with E-state index >= 15 is 0 Å². The van der Waals surface area contributed by atoms with E-state index in [-0.39, 0.29) is 24.0 Å². The minimum Gasteiger partial charge on any atom is -0.376 e. The lowest BCUT2D eigenvalue weighted by Crippen LogP contribution is -2.46. The number of hydrogen-bond donors (Lipinski definition) is 1. The van der Waals surface area contributed by atoms with E-state index in [4.69, 9.17) is 4.74 Å². The van der Waals surface area contributed by atoms with Crippen molar-refractivity contribution in [1.29, 1.82) is 0 Å². The summed E-state index contributed by atoms with van der Waals surface area (Å²) < 4.78 is 5.49. The zero-order valence-electron chi connectivity index (χ0n) is 12.0. The number of hydrogen-bond acceptors (Lipinski definition) is 4. The molecule has 0 aromatic carbocycles.